The second kappa shape index (κ2) is 6.35. The van der Waals surface area contributed by atoms with Gasteiger partial charge >= 0.3 is 11.9 Å². The first-order valence-electron chi connectivity index (χ1n) is 4.96. The van der Waals surface area contributed by atoms with Crippen LogP contribution in [-0.4, -0.2) is 47.5 Å². The van der Waals surface area contributed by atoms with Crippen molar-refractivity contribution in [1.29, 1.82) is 0 Å². The van der Waals surface area contributed by atoms with Crippen molar-refractivity contribution < 1.29 is 19.2 Å². The third kappa shape index (κ3) is 3.56. The second-order valence-corrected chi connectivity index (χ2v) is 3.08. The zero-order chi connectivity index (χ0) is 13.5. The highest BCUT2D eigenvalue weighted by Crippen LogP contribution is 2.13. The van der Waals surface area contributed by atoms with Gasteiger partial charge in [-0.1, -0.05) is 0 Å². The van der Waals surface area contributed by atoms with E-state index in [2.05, 4.69) is 10.4 Å². The summed E-state index contributed by atoms with van der Waals surface area (Å²) < 4.78 is 4.82. The van der Waals surface area contributed by atoms with E-state index < -0.39 is 16.8 Å². The largest absolute Gasteiger partial charge is 0.433 e. The molecule has 0 aliphatic heterocycles. The first-order valence-corrected chi connectivity index (χ1v) is 4.96. The Labute approximate surface area is 102 Å². The van der Waals surface area contributed by atoms with Crippen LogP contribution < -0.4 is 5.32 Å². The van der Waals surface area contributed by atoms with Gasteiger partial charge in [0, 0.05) is 7.05 Å². The lowest BCUT2D eigenvalue weighted by molar-refractivity contribution is -0.402. The number of aliphatic hydroxyl groups excluding tert-OH is 1. The molecule has 0 saturated heterocycles. The summed E-state index contributed by atoms with van der Waals surface area (Å²) in [4.78, 5) is 21.0. The average Bonchev–Trinajstić information content (AvgIpc) is 2.82. The van der Waals surface area contributed by atoms with Crippen LogP contribution in [0.3, 0.4) is 0 Å². The molecule has 1 aromatic rings. The van der Waals surface area contributed by atoms with Crippen LogP contribution >= 0.6 is 0 Å². The fourth-order valence-electron chi connectivity index (χ4n) is 1.07. The Bertz CT molecular complexity index is 456. The van der Waals surface area contributed by atoms with Gasteiger partial charge in [-0.15, -0.1) is 0 Å². The van der Waals surface area contributed by atoms with Gasteiger partial charge in [0.2, 0.25) is 0 Å². The van der Waals surface area contributed by atoms with Crippen molar-refractivity contribution in [3.05, 3.63) is 28.0 Å². The first kappa shape index (κ1) is 13.6. The molecule has 2 amide bonds. The van der Waals surface area contributed by atoms with Crippen molar-refractivity contribution in [2.75, 3.05) is 20.2 Å². The topological polar surface area (TPSA) is 121 Å². The predicted octanol–water partition coefficient (Wildman–Crippen LogP) is 0.155. The van der Waals surface area contributed by atoms with Gasteiger partial charge in [0.1, 0.15) is 4.92 Å². The van der Waals surface area contributed by atoms with E-state index in [0.29, 0.717) is 0 Å². The molecule has 0 aromatic carbocycles. The van der Waals surface area contributed by atoms with E-state index in [1.807, 2.05) is 0 Å². The number of amides is 2. The Morgan fingerprint density at radius 3 is 2.94 bits per heavy atom. The van der Waals surface area contributed by atoms with E-state index in [0.717, 1.165) is 11.2 Å². The van der Waals surface area contributed by atoms with Gasteiger partial charge in [-0.25, -0.2) is 9.80 Å². The van der Waals surface area contributed by atoms with E-state index >= 15 is 0 Å². The molecule has 0 fully saturated rings. The Morgan fingerprint density at radius 2 is 2.44 bits per heavy atom. The van der Waals surface area contributed by atoms with E-state index in [-0.39, 0.29) is 18.9 Å². The molecular formula is C9H12N4O5. The van der Waals surface area contributed by atoms with Crippen LogP contribution in [0.5, 0.6) is 0 Å². The highest BCUT2D eigenvalue weighted by atomic mass is 16.6. The van der Waals surface area contributed by atoms with Crippen LogP contribution in [0.2, 0.25) is 0 Å². The summed E-state index contributed by atoms with van der Waals surface area (Å²) >= 11 is 0. The number of nitrogens with one attached hydrogen (secondary N) is 1. The van der Waals surface area contributed by atoms with Crippen LogP contribution in [0.15, 0.2) is 21.7 Å². The molecule has 0 bridgehead atoms. The quantitative estimate of drug-likeness (QED) is 0.441. The van der Waals surface area contributed by atoms with Gasteiger partial charge in [0.05, 0.1) is 25.4 Å². The van der Waals surface area contributed by atoms with Crippen molar-refractivity contribution in [2.45, 2.75) is 0 Å². The Morgan fingerprint density at radius 1 is 1.72 bits per heavy atom. The van der Waals surface area contributed by atoms with Crippen molar-refractivity contribution in [2.24, 2.45) is 5.10 Å². The lowest BCUT2D eigenvalue weighted by Gasteiger charge is -2.14. The van der Waals surface area contributed by atoms with Crippen molar-refractivity contribution in [3.8, 4) is 0 Å². The molecule has 9 heteroatoms. The van der Waals surface area contributed by atoms with E-state index in [1.165, 1.54) is 19.2 Å². The van der Waals surface area contributed by atoms with Crippen molar-refractivity contribution in [3.63, 3.8) is 0 Å². The summed E-state index contributed by atoms with van der Waals surface area (Å²) in [6.45, 7) is -0.262. The second-order valence-electron chi connectivity index (χ2n) is 3.08. The smallest absolute Gasteiger partial charge is 0.400 e. The van der Waals surface area contributed by atoms with E-state index in [1.54, 1.807) is 0 Å². The maximum Gasteiger partial charge on any atom is 0.433 e. The van der Waals surface area contributed by atoms with Gasteiger partial charge in [-0.3, -0.25) is 10.1 Å². The van der Waals surface area contributed by atoms with Gasteiger partial charge in [-0.05, 0) is 6.07 Å². The van der Waals surface area contributed by atoms with Crippen molar-refractivity contribution in [1.82, 2.24) is 10.3 Å². The summed E-state index contributed by atoms with van der Waals surface area (Å²) in [5.74, 6) is -0.279. The monoisotopic (exact) mass is 256 g/mol. The summed E-state index contributed by atoms with van der Waals surface area (Å²) in [7, 11) is 1.42. The Kier molecular flexibility index (Phi) is 4.81. The molecule has 18 heavy (non-hydrogen) atoms. The molecule has 0 spiro atoms. The molecule has 0 saturated carbocycles. The third-order valence-electron chi connectivity index (χ3n) is 1.88. The fourth-order valence-corrected chi connectivity index (χ4v) is 1.07. The SMILES string of the molecule is CNC(=O)N(CCO)N=Cc1ccc([N+](=O)[O-])o1. The zero-order valence-corrected chi connectivity index (χ0v) is 9.57. The number of furan rings is 1. The van der Waals surface area contributed by atoms with Gasteiger partial charge in [0.15, 0.2) is 5.76 Å². The number of carbonyl (C=O) groups excluding carboxylic acids is 1. The summed E-state index contributed by atoms with van der Waals surface area (Å²) in [5, 5.41) is 26.2. The number of urea groups is 1. The highest BCUT2D eigenvalue weighted by molar-refractivity contribution is 5.79. The normalized spacial score (nSPS) is 10.6. The molecule has 98 valence electrons. The van der Waals surface area contributed by atoms with Gasteiger partial charge < -0.3 is 14.8 Å². The number of hydrazone groups is 1. The van der Waals surface area contributed by atoms with Gasteiger partial charge in [-0.2, -0.15) is 5.10 Å². The van der Waals surface area contributed by atoms with Crippen LogP contribution in [0, 0.1) is 10.1 Å². The molecule has 9 nitrogen and oxygen atoms in total. The predicted molar refractivity (Wildman–Crippen MR) is 61.2 cm³/mol. The van der Waals surface area contributed by atoms with Crippen LogP contribution in [0.25, 0.3) is 0 Å². The number of carbonyl (C=O) groups is 1. The lowest BCUT2D eigenvalue weighted by atomic mass is 10.5. The molecule has 1 rings (SSSR count). The summed E-state index contributed by atoms with van der Waals surface area (Å²) in [6, 6.07) is 2.02. The van der Waals surface area contributed by atoms with Crippen LogP contribution in [0.1, 0.15) is 5.76 Å². The maximum atomic E-state index is 11.3. The molecule has 0 aliphatic carbocycles. The minimum Gasteiger partial charge on any atom is -0.400 e. The fraction of sp³-hybridized carbons (Fsp3) is 0.333. The molecule has 1 aromatic heterocycles. The number of rotatable bonds is 5. The number of nitro groups is 1. The first-order chi connectivity index (χ1) is 8.58. The highest BCUT2D eigenvalue weighted by Gasteiger charge is 2.12. The standard InChI is InChI=1S/C9H12N4O5/c1-10-9(15)12(4-5-14)11-6-7-2-3-8(18-7)13(16)17/h2-3,6,14H,4-5H2,1H3,(H,10,15). The molecule has 0 radical (unpaired) electrons. The summed E-state index contributed by atoms with van der Waals surface area (Å²) in [6.07, 6.45) is 1.15. The maximum absolute atomic E-state index is 11.3. The number of hydrogen-bond acceptors (Lipinski definition) is 6. The van der Waals surface area contributed by atoms with E-state index in [4.69, 9.17) is 9.52 Å². The molecule has 1 heterocycles. The van der Waals surface area contributed by atoms with Crippen LogP contribution in [-0.2, 0) is 0 Å². The average molecular weight is 256 g/mol. The summed E-state index contributed by atoms with van der Waals surface area (Å²) in [5.41, 5.74) is 0. The molecule has 2 N–H and O–H groups in total. The molecule has 0 aliphatic rings. The third-order valence-corrected chi connectivity index (χ3v) is 1.88. The zero-order valence-electron chi connectivity index (χ0n) is 9.57. The molecule has 0 atom stereocenters. The number of nitrogens with zero attached hydrogens (tertiary/aromatic N) is 3. The Hall–Kier alpha value is -2.42. The minimum absolute atomic E-state index is 0.00102. The molecule has 0 unspecified atom stereocenters. The van der Waals surface area contributed by atoms with Crippen molar-refractivity contribution >= 4 is 18.1 Å². The number of aliphatic hydroxyl groups is 1. The molecular weight excluding hydrogens is 244 g/mol. The number of hydrogen-bond donors (Lipinski definition) is 2. The van der Waals surface area contributed by atoms with Gasteiger partial charge in [0.25, 0.3) is 0 Å². The van der Waals surface area contributed by atoms with Crippen LogP contribution in [0.4, 0.5) is 10.7 Å². The minimum atomic E-state index is -0.679. The van der Waals surface area contributed by atoms with E-state index in [9.17, 15) is 14.9 Å². The Balaban J connectivity index is 2.75. The lowest BCUT2D eigenvalue weighted by Crippen LogP contribution is -2.36.